The summed E-state index contributed by atoms with van der Waals surface area (Å²) in [4.78, 5) is 10.2. The standard InChI is InChI=1S/C7H8O.C5H8O/c1-8-7-5-3-2-4-6-7;6-5-3-1-2-4-5/h2-6H,1H3;1-4H2. The Morgan fingerprint density at radius 1 is 1.07 bits per heavy atom. The first-order chi connectivity index (χ1) is 6.83. The smallest absolute Gasteiger partial charge is 0.132 e. The summed E-state index contributed by atoms with van der Waals surface area (Å²) in [5.41, 5.74) is 0. The number of ketones is 1. The van der Waals surface area contributed by atoms with E-state index >= 15 is 0 Å². The SMILES string of the molecule is COc1ccccc1.O=C1CCCC1. The Labute approximate surface area is 84.9 Å². The molecule has 0 aliphatic heterocycles. The lowest BCUT2D eigenvalue weighted by atomic mass is 10.3. The second-order valence-electron chi connectivity index (χ2n) is 3.26. The monoisotopic (exact) mass is 192 g/mol. The highest BCUT2D eigenvalue weighted by Crippen LogP contribution is 2.11. The van der Waals surface area contributed by atoms with Gasteiger partial charge in [0.25, 0.3) is 0 Å². The minimum absolute atomic E-state index is 0.454. The molecular weight excluding hydrogens is 176 g/mol. The zero-order valence-electron chi connectivity index (χ0n) is 8.53. The highest BCUT2D eigenvalue weighted by molar-refractivity contribution is 5.80. The second-order valence-corrected chi connectivity index (χ2v) is 3.26. The van der Waals surface area contributed by atoms with Gasteiger partial charge < -0.3 is 4.74 Å². The fourth-order valence-corrected chi connectivity index (χ4v) is 1.33. The quantitative estimate of drug-likeness (QED) is 0.684. The molecule has 1 aromatic carbocycles. The van der Waals surface area contributed by atoms with E-state index in [4.69, 9.17) is 4.74 Å². The van der Waals surface area contributed by atoms with Crippen molar-refractivity contribution in [3.8, 4) is 5.75 Å². The Bertz CT molecular complexity index is 259. The minimum atomic E-state index is 0.454. The van der Waals surface area contributed by atoms with Gasteiger partial charge in [-0.25, -0.2) is 0 Å². The van der Waals surface area contributed by atoms with Crippen molar-refractivity contribution in [2.75, 3.05) is 7.11 Å². The van der Waals surface area contributed by atoms with E-state index in [1.165, 1.54) is 0 Å². The zero-order valence-corrected chi connectivity index (χ0v) is 8.53. The van der Waals surface area contributed by atoms with Crippen molar-refractivity contribution in [1.29, 1.82) is 0 Å². The number of benzene rings is 1. The summed E-state index contributed by atoms with van der Waals surface area (Å²) >= 11 is 0. The molecule has 1 aliphatic rings. The van der Waals surface area contributed by atoms with Crippen LogP contribution in [0.25, 0.3) is 0 Å². The molecule has 0 amide bonds. The van der Waals surface area contributed by atoms with Gasteiger partial charge in [0.05, 0.1) is 7.11 Å². The summed E-state index contributed by atoms with van der Waals surface area (Å²) in [6.07, 6.45) is 3.97. The number of Topliss-reactive ketones (excluding diaryl/α,β-unsaturated/α-hetero) is 1. The molecule has 0 N–H and O–H groups in total. The van der Waals surface area contributed by atoms with E-state index in [0.717, 1.165) is 31.4 Å². The van der Waals surface area contributed by atoms with Crippen molar-refractivity contribution in [1.82, 2.24) is 0 Å². The predicted molar refractivity (Wildman–Crippen MR) is 56.5 cm³/mol. The molecule has 2 heteroatoms. The summed E-state index contributed by atoms with van der Waals surface area (Å²) in [7, 11) is 1.66. The van der Waals surface area contributed by atoms with Crippen molar-refractivity contribution in [3.63, 3.8) is 0 Å². The van der Waals surface area contributed by atoms with E-state index in [1.54, 1.807) is 7.11 Å². The van der Waals surface area contributed by atoms with Crippen molar-refractivity contribution in [3.05, 3.63) is 30.3 Å². The maximum absolute atomic E-state index is 10.2. The highest BCUT2D eigenvalue weighted by Gasteiger charge is 2.07. The van der Waals surface area contributed by atoms with E-state index in [0.29, 0.717) is 5.78 Å². The van der Waals surface area contributed by atoms with Crippen molar-refractivity contribution < 1.29 is 9.53 Å². The van der Waals surface area contributed by atoms with Gasteiger partial charge in [-0.15, -0.1) is 0 Å². The van der Waals surface area contributed by atoms with Gasteiger partial charge in [-0.05, 0) is 25.0 Å². The molecule has 0 saturated heterocycles. The molecule has 0 atom stereocenters. The first-order valence-electron chi connectivity index (χ1n) is 4.93. The molecule has 14 heavy (non-hydrogen) atoms. The van der Waals surface area contributed by atoms with E-state index < -0.39 is 0 Å². The van der Waals surface area contributed by atoms with Crippen LogP contribution < -0.4 is 4.74 Å². The largest absolute Gasteiger partial charge is 0.497 e. The average Bonchev–Trinajstić information content (AvgIpc) is 2.71. The van der Waals surface area contributed by atoms with Gasteiger partial charge in [0, 0.05) is 12.8 Å². The molecule has 1 aromatic rings. The van der Waals surface area contributed by atoms with Crippen LogP contribution in [0.3, 0.4) is 0 Å². The molecule has 0 unspecified atom stereocenters. The Kier molecular flexibility index (Phi) is 4.76. The molecule has 1 aliphatic carbocycles. The third-order valence-corrected chi connectivity index (χ3v) is 2.14. The second kappa shape index (κ2) is 6.19. The lowest BCUT2D eigenvalue weighted by Gasteiger charge is -1.93. The van der Waals surface area contributed by atoms with Crippen LogP contribution in [0, 0.1) is 0 Å². The number of methoxy groups -OCH3 is 1. The van der Waals surface area contributed by atoms with E-state index in [-0.39, 0.29) is 0 Å². The highest BCUT2D eigenvalue weighted by atomic mass is 16.5. The van der Waals surface area contributed by atoms with Gasteiger partial charge in [0.1, 0.15) is 11.5 Å². The first-order valence-corrected chi connectivity index (χ1v) is 4.93. The Hall–Kier alpha value is -1.31. The van der Waals surface area contributed by atoms with Crippen molar-refractivity contribution in [2.45, 2.75) is 25.7 Å². The number of hydrogen-bond acceptors (Lipinski definition) is 2. The van der Waals surface area contributed by atoms with E-state index in [1.807, 2.05) is 30.3 Å². The minimum Gasteiger partial charge on any atom is -0.497 e. The van der Waals surface area contributed by atoms with Crippen LogP contribution in [0.5, 0.6) is 5.75 Å². The van der Waals surface area contributed by atoms with Crippen LogP contribution in [0.1, 0.15) is 25.7 Å². The van der Waals surface area contributed by atoms with Gasteiger partial charge in [0.2, 0.25) is 0 Å². The number of ether oxygens (including phenoxy) is 1. The van der Waals surface area contributed by atoms with E-state index in [9.17, 15) is 4.79 Å². The molecule has 0 heterocycles. The third-order valence-electron chi connectivity index (χ3n) is 2.14. The maximum Gasteiger partial charge on any atom is 0.132 e. The van der Waals surface area contributed by atoms with Crippen LogP contribution in [0.15, 0.2) is 30.3 Å². The molecule has 2 rings (SSSR count). The van der Waals surface area contributed by atoms with Crippen molar-refractivity contribution in [2.24, 2.45) is 0 Å². The van der Waals surface area contributed by atoms with Crippen LogP contribution in [-0.2, 0) is 4.79 Å². The zero-order chi connectivity index (χ0) is 10.2. The van der Waals surface area contributed by atoms with E-state index in [2.05, 4.69) is 0 Å². The summed E-state index contributed by atoms with van der Waals surface area (Å²) in [6, 6.07) is 9.68. The summed E-state index contributed by atoms with van der Waals surface area (Å²) in [6.45, 7) is 0. The van der Waals surface area contributed by atoms with Gasteiger partial charge >= 0.3 is 0 Å². The number of carbonyl (C=O) groups excluding carboxylic acids is 1. The number of para-hydroxylation sites is 1. The number of rotatable bonds is 1. The maximum atomic E-state index is 10.2. The van der Waals surface area contributed by atoms with Crippen LogP contribution >= 0.6 is 0 Å². The fraction of sp³-hybridized carbons (Fsp3) is 0.417. The molecule has 2 nitrogen and oxygen atoms in total. The molecule has 0 spiro atoms. The Morgan fingerprint density at radius 3 is 1.93 bits per heavy atom. The lowest BCUT2D eigenvalue weighted by Crippen LogP contribution is -1.81. The lowest BCUT2D eigenvalue weighted by molar-refractivity contribution is -0.117. The van der Waals surface area contributed by atoms with Gasteiger partial charge in [-0.1, -0.05) is 18.2 Å². The summed E-state index contributed by atoms with van der Waals surface area (Å²) < 4.78 is 4.91. The predicted octanol–water partition coefficient (Wildman–Crippen LogP) is 2.82. The molecule has 0 bridgehead atoms. The molecular formula is C12H16O2. The van der Waals surface area contributed by atoms with Crippen LogP contribution in [-0.4, -0.2) is 12.9 Å². The third kappa shape index (κ3) is 4.08. The topological polar surface area (TPSA) is 26.3 Å². The Morgan fingerprint density at radius 2 is 1.64 bits per heavy atom. The van der Waals surface area contributed by atoms with Crippen LogP contribution in [0.2, 0.25) is 0 Å². The first kappa shape index (κ1) is 10.8. The van der Waals surface area contributed by atoms with Crippen LogP contribution in [0.4, 0.5) is 0 Å². The van der Waals surface area contributed by atoms with Gasteiger partial charge in [-0.3, -0.25) is 4.79 Å². The average molecular weight is 192 g/mol. The summed E-state index contributed by atoms with van der Waals surface area (Å²) in [5, 5.41) is 0. The summed E-state index contributed by atoms with van der Waals surface area (Å²) in [5.74, 6) is 1.36. The number of carbonyl (C=O) groups is 1. The molecule has 1 fully saturated rings. The molecule has 0 aromatic heterocycles. The van der Waals surface area contributed by atoms with Crippen molar-refractivity contribution >= 4 is 5.78 Å². The van der Waals surface area contributed by atoms with Gasteiger partial charge in [-0.2, -0.15) is 0 Å². The fourth-order valence-electron chi connectivity index (χ4n) is 1.33. The number of hydrogen-bond donors (Lipinski definition) is 0. The normalized spacial score (nSPS) is 14.5. The Balaban J connectivity index is 0.000000146. The molecule has 0 radical (unpaired) electrons. The van der Waals surface area contributed by atoms with Gasteiger partial charge in [0.15, 0.2) is 0 Å². The molecule has 76 valence electrons. The molecule has 1 saturated carbocycles.